The van der Waals surface area contributed by atoms with Crippen molar-refractivity contribution in [1.29, 1.82) is 0 Å². The summed E-state index contributed by atoms with van der Waals surface area (Å²) in [7, 11) is 0. The van der Waals surface area contributed by atoms with Gasteiger partial charge in [-0.3, -0.25) is 9.59 Å². The van der Waals surface area contributed by atoms with Gasteiger partial charge in [-0.15, -0.1) is 0 Å². The van der Waals surface area contributed by atoms with Crippen LogP contribution in [0.2, 0.25) is 0 Å². The number of imide groups is 1. The molecule has 0 aromatic heterocycles. The van der Waals surface area contributed by atoms with Crippen molar-refractivity contribution in [2.75, 3.05) is 11.5 Å². The van der Waals surface area contributed by atoms with Gasteiger partial charge in [0.2, 0.25) is 11.8 Å². The van der Waals surface area contributed by atoms with Crippen LogP contribution in [0.1, 0.15) is 48.4 Å². The van der Waals surface area contributed by atoms with E-state index >= 15 is 0 Å². The Morgan fingerprint density at radius 1 is 0.891 bits per heavy atom. The lowest BCUT2D eigenvalue weighted by Gasteiger charge is -2.30. The van der Waals surface area contributed by atoms with Crippen LogP contribution in [0.3, 0.4) is 0 Å². The topological polar surface area (TPSA) is 66.8 Å². The quantitative estimate of drug-likeness (QED) is 0.127. The average molecular weight is 642 g/mol. The number of alkyl halides is 6. The summed E-state index contributed by atoms with van der Waals surface area (Å²) < 4.78 is 87.6. The van der Waals surface area contributed by atoms with Crippen molar-refractivity contribution in [1.82, 2.24) is 0 Å². The van der Waals surface area contributed by atoms with E-state index in [1.165, 1.54) is 0 Å². The minimum atomic E-state index is -5.12. The highest BCUT2D eigenvalue weighted by atomic mass is 19.4. The number of carbonyl (C=O) groups excluding carboxylic acids is 2. The van der Waals surface area contributed by atoms with E-state index < -0.39 is 64.8 Å². The summed E-state index contributed by atoms with van der Waals surface area (Å²) in [5.41, 5.74) is 0.503. The van der Waals surface area contributed by atoms with E-state index in [0.717, 1.165) is 27.8 Å². The molecule has 0 radical (unpaired) electrons. The van der Waals surface area contributed by atoms with Crippen molar-refractivity contribution >= 4 is 29.2 Å². The number of fused-ring (bicyclic) bond motifs is 3. The molecule has 2 saturated heterocycles. The first-order chi connectivity index (χ1) is 21.7. The first-order valence-electron chi connectivity index (χ1n) is 14.8. The van der Waals surface area contributed by atoms with Gasteiger partial charge in [0.25, 0.3) is 0 Å². The summed E-state index contributed by atoms with van der Waals surface area (Å²) in [4.78, 5) is 27.8. The monoisotopic (exact) mass is 641 g/mol. The summed E-state index contributed by atoms with van der Waals surface area (Å²) >= 11 is 0. The molecule has 1 N–H and O–H groups in total. The van der Waals surface area contributed by atoms with Crippen LogP contribution in [-0.4, -0.2) is 29.6 Å². The molecule has 3 aliphatic rings. The molecular formula is C35H29F6NO4. The molecule has 2 aliphatic heterocycles. The Bertz CT molecular complexity index is 1710. The number of rotatable bonds is 6. The van der Waals surface area contributed by atoms with Crippen molar-refractivity contribution in [2.24, 2.45) is 17.8 Å². The van der Waals surface area contributed by atoms with E-state index in [2.05, 4.69) is 0 Å². The molecule has 0 unspecified atom stereocenters. The lowest BCUT2D eigenvalue weighted by Crippen LogP contribution is -2.34. The fraction of sp³-hybridized carbons (Fsp3) is 0.314. The number of aromatic hydroxyl groups is 1. The standard InChI is InChI=1S/C35H29F6NO4/c1-19-12-27-31(33(45)42(32(27)44)25-16-23(34(36,37)38)15-24(17-25)35(39,40)41)28-18-46-29(30(19)28)11-10-22(21-7-3-2-4-8-21)13-20-6-5-9-26(43)14-20/h2-9,13-17,27-29,31,43H,10-12,18H2,1H3/b22-13-/t27-,28+,29-,31-/m1/s1. The van der Waals surface area contributed by atoms with Gasteiger partial charge in [0.1, 0.15) is 5.75 Å². The molecule has 240 valence electrons. The average Bonchev–Trinajstić information content (AvgIpc) is 3.53. The summed E-state index contributed by atoms with van der Waals surface area (Å²) in [6, 6.07) is 17.3. The Labute approximate surface area is 260 Å². The number of hydrogen-bond donors (Lipinski definition) is 1. The van der Waals surface area contributed by atoms with Crippen LogP contribution in [0.4, 0.5) is 32.0 Å². The predicted molar refractivity (Wildman–Crippen MR) is 158 cm³/mol. The number of ether oxygens (including phenoxy) is 1. The number of allylic oxidation sites excluding steroid dienone is 2. The van der Waals surface area contributed by atoms with Crippen molar-refractivity contribution < 1.29 is 45.8 Å². The maximum atomic E-state index is 13.7. The number of hydrogen-bond acceptors (Lipinski definition) is 4. The highest BCUT2D eigenvalue weighted by Crippen LogP contribution is 2.51. The summed E-state index contributed by atoms with van der Waals surface area (Å²) in [5.74, 6) is -3.92. The first kappa shape index (κ1) is 31.6. The van der Waals surface area contributed by atoms with Crippen LogP contribution in [0, 0.1) is 17.8 Å². The molecule has 6 rings (SSSR count). The molecule has 5 nitrogen and oxygen atoms in total. The van der Waals surface area contributed by atoms with Gasteiger partial charge in [-0.25, -0.2) is 4.90 Å². The van der Waals surface area contributed by atoms with E-state index in [4.69, 9.17) is 4.74 Å². The van der Waals surface area contributed by atoms with E-state index in [0.29, 0.717) is 29.9 Å². The fourth-order valence-corrected chi connectivity index (χ4v) is 7.01. The molecule has 3 aromatic rings. The Morgan fingerprint density at radius 2 is 1.57 bits per heavy atom. The third-order valence-corrected chi connectivity index (χ3v) is 9.01. The zero-order valence-electron chi connectivity index (χ0n) is 24.5. The van der Waals surface area contributed by atoms with Crippen molar-refractivity contribution in [3.05, 3.63) is 106 Å². The molecule has 2 amide bonds. The van der Waals surface area contributed by atoms with Crippen LogP contribution in [0.5, 0.6) is 5.75 Å². The highest BCUT2D eigenvalue weighted by Gasteiger charge is 2.57. The number of nitrogens with zero attached hydrogens (tertiary/aromatic N) is 1. The Kier molecular flexibility index (Phi) is 8.08. The lowest BCUT2D eigenvalue weighted by atomic mass is 9.70. The second-order valence-corrected chi connectivity index (χ2v) is 11.9. The van der Waals surface area contributed by atoms with Crippen LogP contribution in [-0.2, 0) is 26.7 Å². The zero-order chi connectivity index (χ0) is 33.0. The highest BCUT2D eigenvalue weighted by molar-refractivity contribution is 6.22. The van der Waals surface area contributed by atoms with Crippen molar-refractivity contribution in [3.63, 3.8) is 0 Å². The predicted octanol–water partition coefficient (Wildman–Crippen LogP) is 8.29. The van der Waals surface area contributed by atoms with Crippen molar-refractivity contribution in [2.45, 2.75) is 44.6 Å². The Balaban J connectivity index is 1.27. The minimum absolute atomic E-state index is 0.0283. The number of halogens is 6. The van der Waals surface area contributed by atoms with Gasteiger partial charge >= 0.3 is 12.4 Å². The second-order valence-electron chi connectivity index (χ2n) is 11.9. The normalized spacial score (nSPS) is 23.6. The summed E-state index contributed by atoms with van der Waals surface area (Å²) in [5, 5.41) is 9.95. The molecule has 3 aromatic carbocycles. The molecule has 0 bridgehead atoms. The van der Waals surface area contributed by atoms with E-state index in [1.807, 2.05) is 49.4 Å². The maximum absolute atomic E-state index is 13.7. The van der Waals surface area contributed by atoms with Crippen LogP contribution in [0.25, 0.3) is 11.6 Å². The number of benzene rings is 3. The molecule has 11 heteroatoms. The third kappa shape index (κ3) is 5.95. The van der Waals surface area contributed by atoms with Gasteiger partial charge < -0.3 is 9.84 Å². The smallest absolute Gasteiger partial charge is 0.416 e. The van der Waals surface area contributed by atoms with Gasteiger partial charge in [0.05, 0.1) is 41.4 Å². The molecule has 0 spiro atoms. The first-order valence-corrected chi connectivity index (χ1v) is 14.8. The van der Waals surface area contributed by atoms with Crippen LogP contribution < -0.4 is 4.90 Å². The SMILES string of the molecule is CC1=C2[C@@H](CC/C(=C/c3cccc(O)c3)c3ccccc3)OC[C@@H]2[C@@H]2C(=O)N(c3cc(C(F)(F)F)cc(C(F)(F)F)c3)C(=O)[C@@H]2C1. The third-order valence-electron chi connectivity index (χ3n) is 9.01. The maximum Gasteiger partial charge on any atom is 0.416 e. The van der Waals surface area contributed by atoms with Gasteiger partial charge in [-0.05, 0) is 78.8 Å². The van der Waals surface area contributed by atoms with Gasteiger partial charge in [0, 0.05) is 5.92 Å². The molecule has 2 heterocycles. The number of amides is 2. The fourth-order valence-electron chi connectivity index (χ4n) is 7.01. The Hall–Kier alpha value is -4.38. The van der Waals surface area contributed by atoms with Gasteiger partial charge in [-0.1, -0.05) is 54.1 Å². The van der Waals surface area contributed by atoms with E-state index in [-0.39, 0.29) is 24.8 Å². The Morgan fingerprint density at radius 3 is 2.20 bits per heavy atom. The molecule has 46 heavy (non-hydrogen) atoms. The number of carbonyl (C=O) groups is 2. The largest absolute Gasteiger partial charge is 0.508 e. The molecule has 2 fully saturated rings. The number of anilines is 1. The van der Waals surface area contributed by atoms with Gasteiger partial charge in [-0.2, -0.15) is 26.3 Å². The summed E-state index contributed by atoms with van der Waals surface area (Å²) in [6.45, 7) is 1.92. The molecule has 4 atom stereocenters. The lowest BCUT2D eigenvalue weighted by molar-refractivity contribution is -0.143. The molecule has 0 saturated carbocycles. The second kappa shape index (κ2) is 11.8. The van der Waals surface area contributed by atoms with Crippen LogP contribution >= 0.6 is 0 Å². The number of phenols is 1. The molecule has 1 aliphatic carbocycles. The van der Waals surface area contributed by atoms with E-state index in [1.54, 1.807) is 18.2 Å². The van der Waals surface area contributed by atoms with Crippen molar-refractivity contribution in [3.8, 4) is 5.75 Å². The van der Waals surface area contributed by atoms with Gasteiger partial charge in [0.15, 0.2) is 0 Å². The van der Waals surface area contributed by atoms with E-state index in [9.17, 15) is 41.0 Å². The zero-order valence-corrected chi connectivity index (χ0v) is 24.5. The van der Waals surface area contributed by atoms with Crippen LogP contribution in [0.15, 0.2) is 83.9 Å². The minimum Gasteiger partial charge on any atom is -0.508 e. The summed E-state index contributed by atoms with van der Waals surface area (Å²) in [6.07, 6.45) is -7.45. The molecular weight excluding hydrogens is 612 g/mol. The number of phenolic OH excluding ortho intramolecular Hbond substituents is 1.